The molecule has 7 heteroatoms. The number of Topliss-reactive ketones (excluding diaryl/α,β-unsaturated/α-hetero) is 1. The van der Waals surface area contributed by atoms with E-state index in [-0.39, 0.29) is 11.5 Å². The van der Waals surface area contributed by atoms with Crippen LogP contribution in [-0.4, -0.2) is 33.4 Å². The molecule has 0 aliphatic heterocycles. The fourth-order valence-corrected chi connectivity index (χ4v) is 3.83. The number of fused-ring (bicyclic) bond motifs is 1. The Labute approximate surface area is 166 Å². The highest BCUT2D eigenvalue weighted by atomic mass is 32.2. The van der Waals surface area contributed by atoms with Crippen LogP contribution in [0.3, 0.4) is 0 Å². The molecule has 28 heavy (non-hydrogen) atoms. The molecule has 4 rings (SSSR count). The molecule has 0 aliphatic rings. The van der Waals surface area contributed by atoms with Gasteiger partial charge in [-0.05, 0) is 43.3 Å². The molecule has 0 fully saturated rings. The SMILES string of the molecule is CCn1c(SCC(=O)c2cc3ccccc3o2)nnc1-c1ccc(OC)cc1. The fraction of sp³-hybridized carbons (Fsp3) is 0.190. The summed E-state index contributed by atoms with van der Waals surface area (Å²) in [6, 6.07) is 17.1. The molecule has 142 valence electrons. The molecular weight excluding hydrogens is 374 g/mol. The van der Waals surface area contributed by atoms with E-state index in [4.69, 9.17) is 9.15 Å². The van der Waals surface area contributed by atoms with Gasteiger partial charge < -0.3 is 13.7 Å². The highest BCUT2D eigenvalue weighted by Gasteiger charge is 2.17. The largest absolute Gasteiger partial charge is 0.497 e. The van der Waals surface area contributed by atoms with Crippen LogP contribution in [-0.2, 0) is 6.54 Å². The lowest BCUT2D eigenvalue weighted by Gasteiger charge is -2.07. The average Bonchev–Trinajstić information content (AvgIpc) is 3.35. The van der Waals surface area contributed by atoms with E-state index in [1.54, 1.807) is 13.2 Å². The lowest BCUT2D eigenvalue weighted by atomic mass is 10.2. The quantitative estimate of drug-likeness (QED) is 0.335. The average molecular weight is 393 g/mol. The molecule has 0 radical (unpaired) electrons. The molecule has 4 aromatic rings. The summed E-state index contributed by atoms with van der Waals surface area (Å²) in [5.41, 5.74) is 1.67. The van der Waals surface area contributed by atoms with E-state index < -0.39 is 0 Å². The number of carbonyl (C=O) groups excluding carboxylic acids is 1. The molecule has 0 spiro atoms. The van der Waals surface area contributed by atoms with Crippen molar-refractivity contribution in [3.63, 3.8) is 0 Å². The van der Waals surface area contributed by atoms with Gasteiger partial charge in [-0.15, -0.1) is 10.2 Å². The summed E-state index contributed by atoms with van der Waals surface area (Å²) >= 11 is 1.36. The topological polar surface area (TPSA) is 70.2 Å². The second kappa shape index (κ2) is 7.90. The third-order valence-corrected chi connectivity index (χ3v) is 5.38. The molecule has 0 saturated carbocycles. The number of ether oxygens (including phenoxy) is 1. The van der Waals surface area contributed by atoms with E-state index >= 15 is 0 Å². The lowest BCUT2D eigenvalue weighted by Crippen LogP contribution is -2.04. The maximum atomic E-state index is 12.5. The van der Waals surface area contributed by atoms with Gasteiger partial charge in [0.15, 0.2) is 16.7 Å². The number of aromatic nitrogens is 3. The molecular formula is C21H19N3O3S. The molecule has 0 amide bonds. The number of para-hydroxylation sites is 1. The van der Waals surface area contributed by atoms with Crippen molar-refractivity contribution in [1.29, 1.82) is 0 Å². The van der Waals surface area contributed by atoms with Crippen LogP contribution in [0.15, 0.2) is 64.2 Å². The zero-order valence-corrected chi connectivity index (χ0v) is 16.4. The number of benzene rings is 2. The molecule has 0 N–H and O–H groups in total. The summed E-state index contributed by atoms with van der Waals surface area (Å²) in [4.78, 5) is 12.5. The number of hydrogen-bond donors (Lipinski definition) is 0. The van der Waals surface area contributed by atoms with Crippen molar-refractivity contribution in [2.75, 3.05) is 12.9 Å². The van der Waals surface area contributed by atoms with Gasteiger partial charge in [-0.2, -0.15) is 0 Å². The first-order valence-electron chi connectivity index (χ1n) is 8.91. The van der Waals surface area contributed by atoms with Crippen molar-refractivity contribution in [3.8, 4) is 17.1 Å². The normalized spacial score (nSPS) is 11.1. The van der Waals surface area contributed by atoms with Crippen molar-refractivity contribution in [2.45, 2.75) is 18.6 Å². The molecule has 0 bridgehead atoms. The highest BCUT2D eigenvalue weighted by molar-refractivity contribution is 7.99. The number of nitrogens with zero attached hydrogens (tertiary/aromatic N) is 3. The van der Waals surface area contributed by atoms with Crippen molar-refractivity contribution in [3.05, 3.63) is 60.4 Å². The predicted molar refractivity (Wildman–Crippen MR) is 109 cm³/mol. The highest BCUT2D eigenvalue weighted by Crippen LogP contribution is 2.27. The van der Waals surface area contributed by atoms with Crippen LogP contribution in [0.5, 0.6) is 5.75 Å². The number of ketones is 1. The lowest BCUT2D eigenvalue weighted by molar-refractivity contribution is 0.0994. The number of carbonyl (C=O) groups is 1. The predicted octanol–water partition coefficient (Wildman–Crippen LogP) is 4.69. The van der Waals surface area contributed by atoms with Crippen LogP contribution in [0.2, 0.25) is 0 Å². The Kier molecular flexibility index (Phi) is 5.16. The van der Waals surface area contributed by atoms with E-state index in [1.165, 1.54) is 11.8 Å². The Morgan fingerprint density at radius 1 is 1.14 bits per heavy atom. The molecule has 0 aliphatic carbocycles. The van der Waals surface area contributed by atoms with Crippen LogP contribution < -0.4 is 4.74 Å². The first kappa shape index (κ1) is 18.3. The molecule has 0 unspecified atom stereocenters. The van der Waals surface area contributed by atoms with E-state index in [0.29, 0.717) is 17.5 Å². The summed E-state index contributed by atoms with van der Waals surface area (Å²) in [5.74, 6) is 2.09. The van der Waals surface area contributed by atoms with Gasteiger partial charge in [0.2, 0.25) is 5.78 Å². The smallest absolute Gasteiger partial charge is 0.208 e. The Hall–Kier alpha value is -3.06. The molecule has 6 nitrogen and oxygen atoms in total. The third kappa shape index (κ3) is 3.53. The third-order valence-electron chi connectivity index (χ3n) is 4.41. The molecule has 2 heterocycles. The van der Waals surface area contributed by atoms with Crippen molar-refractivity contribution in [2.24, 2.45) is 0 Å². The van der Waals surface area contributed by atoms with Crippen LogP contribution in [0.25, 0.3) is 22.4 Å². The van der Waals surface area contributed by atoms with Crippen molar-refractivity contribution < 1.29 is 13.9 Å². The maximum absolute atomic E-state index is 12.5. The first-order valence-corrected chi connectivity index (χ1v) is 9.90. The second-order valence-electron chi connectivity index (χ2n) is 6.14. The summed E-state index contributed by atoms with van der Waals surface area (Å²) in [6.45, 7) is 2.73. The van der Waals surface area contributed by atoms with E-state index in [2.05, 4.69) is 10.2 Å². The Balaban J connectivity index is 1.51. The molecule has 0 saturated heterocycles. The minimum atomic E-state index is -0.0714. The number of methoxy groups -OCH3 is 1. The van der Waals surface area contributed by atoms with Gasteiger partial charge in [-0.3, -0.25) is 4.79 Å². The van der Waals surface area contributed by atoms with Crippen molar-refractivity contribution in [1.82, 2.24) is 14.8 Å². The van der Waals surface area contributed by atoms with Crippen LogP contribution >= 0.6 is 11.8 Å². The zero-order valence-electron chi connectivity index (χ0n) is 15.6. The van der Waals surface area contributed by atoms with Gasteiger partial charge in [0.05, 0.1) is 12.9 Å². The molecule has 2 aromatic heterocycles. The summed E-state index contributed by atoms with van der Waals surface area (Å²) in [7, 11) is 1.64. The fourth-order valence-electron chi connectivity index (χ4n) is 2.95. The Morgan fingerprint density at radius 3 is 2.64 bits per heavy atom. The molecule has 0 atom stereocenters. The number of rotatable bonds is 7. The van der Waals surface area contributed by atoms with Gasteiger partial charge in [-0.1, -0.05) is 30.0 Å². The minimum absolute atomic E-state index is 0.0714. The monoisotopic (exact) mass is 393 g/mol. The number of hydrogen-bond acceptors (Lipinski definition) is 6. The molecule has 2 aromatic carbocycles. The van der Waals surface area contributed by atoms with E-state index in [0.717, 1.165) is 28.1 Å². The number of furan rings is 1. The standard InChI is InChI=1S/C21H19N3O3S/c1-3-24-20(14-8-10-16(26-2)11-9-14)22-23-21(24)28-13-17(25)19-12-15-6-4-5-7-18(15)27-19/h4-12H,3,13H2,1-2H3. The van der Waals surface area contributed by atoms with Crippen molar-refractivity contribution >= 4 is 28.5 Å². The summed E-state index contributed by atoms with van der Waals surface area (Å²) < 4.78 is 12.9. The van der Waals surface area contributed by atoms with Crippen LogP contribution in [0.1, 0.15) is 17.5 Å². The van der Waals surface area contributed by atoms with Gasteiger partial charge in [0.25, 0.3) is 0 Å². The van der Waals surface area contributed by atoms with Gasteiger partial charge in [0, 0.05) is 17.5 Å². The summed E-state index contributed by atoms with van der Waals surface area (Å²) in [6.07, 6.45) is 0. The second-order valence-corrected chi connectivity index (χ2v) is 7.08. The first-order chi connectivity index (χ1) is 13.7. The number of thioether (sulfide) groups is 1. The zero-order chi connectivity index (χ0) is 19.5. The Morgan fingerprint density at radius 2 is 1.93 bits per heavy atom. The van der Waals surface area contributed by atoms with Gasteiger partial charge in [-0.25, -0.2) is 0 Å². The minimum Gasteiger partial charge on any atom is -0.497 e. The maximum Gasteiger partial charge on any atom is 0.208 e. The van der Waals surface area contributed by atoms with E-state index in [9.17, 15) is 4.79 Å². The van der Waals surface area contributed by atoms with Crippen LogP contribution in [0.4, 0.5) is 0 Å². The van der Waals surface area contributed by atoms with Gasteiger partial charge >= 0.3 is 0 Å². The van der Waals surface area contributed by atoms with Crippen LogP contribution in [0, 0.1) is 0 Å². The van der Waals surface area contributed by atoms with E-state index in [1.807, 2.05) is 60.0 Å². The Bertz CT molecular complexity index is 1080. The van der Waals surface area contributed by atoms with Gasteiger partial charge in [0.1, 0.15) is 11.3 Å². The summed E-state index contributed by atoms with van der Waals surface area (Å²) in [5, 5.41) is 10.2.